The Labute approximate surface area is 160 Å². The highest BCUT2D eigenvalue weighted by Gasteiger charge is 2.18. The second-order valence-corrected chi connectivity index (χ2v) is 6.87. The molecule has 0 aliphatic rings. The zero-order valence-electron chi connectivity index (χ0n) is 16.0. The first-order chi connectivity index (χ1) is 13.1. The Hall–Kier alpha value is -3.01. The lowest BCUT2D eigenvalue weighted by molar-refractivity contribution is 0.0717. The molecule has 0 aliphatic carbocycles. The Morgan fingerprint density at radius 3 is 2.26 bits per heavy atom. The van der Waals surface area contributed by atoms with E-state index in [1.165, 1.54) is 5.56 Å². The molecular weight excluding hydrogens is 338 g/mol. The van der Waals surface area contributed by atoms with E-state index in [-0.39, 0.29) is 5.91 Å². The van der Waals surface area contributed by atoms with Crippen molar-refractivity contribution >= 4 is 5.91 Å². The third kappa shape index (κ3) is 4.79. The van der Waals surface area contributed by atoms with Crippen LogP contribution in [0.4, 0.5) is 0 Å². The standard InChI is InChI=1S/C23H25NO3/c1-17(2)19-8-6-18(7-9-19)15-24(16-22-5-4-14-27-22)23(25)20-10-12-21(26-3)13-11-20/h4-14,17H,15-16H2,1-3H3. The molecule has 0 unspecified atom stereocenters. The van der Waals surface area contributed by atoms with Crippen molar-refractivity contribution in [3.63, 3.8) is 0 Å². The molecule has 0 N–H and O–H groups in total. The fourth-order valence-electron chi connectivity index (χ4n) is 2.93. The highest BCUT2D eigenvalue weighted by atomic mass is 16.5. The number of amides is 1. The van der Waals surface area contributed by atoms with Gasteiger partial charge in [-0.3, -0.25) is 4.79 Å². The molecular formula is C23H25NO3. The van der Waals surface area contributed by atoms with E-state index in [9.17, 15) is 4.79 Å². The molecule has 1 amide bonds. The van der Waals surface area contributed by atoms with Crippen molar-refractivity contribution < 1.29 is 13.9 Å². The normalized spacial score (nSPS) is 10.8. The number of carbonyl (C=O) groups is 1. The Kier molecular flexibility index (Phi) is 5.97. The SMILES string of the molecule is COc1ccc(C(=O)N(Cc2ccc(C(C)C)cc2)Cc2ccco2)cc1. The van der Waals surface area contributed by atoms with Crippen LogP contribution in [0.15, 0.2) is 71.3 Å². The van der Waals surface area contributed by atoms with Crippen LogP contribution in [0.2, 0.25) is 0 Å². The van der Waals surface area contributed by atoms with Gasteiger partial charge in [-0.1, -0.05) is 38.1 Å². The van der Waals surface area contributed by atoms with Crippen LogP contribution in [0.3, 0.4) is 0 Å². The maximum atomic E-state index is 13.1. The predicted molar refractivity (Wildman–Crippen MR) is 106 cm³/mol. The third-order valence-corrected chi connectivity index (χ3v) is 4.57. The maximum absolute atomic E-state index is 13.1. The number of rotatable bonds is 7. The van der Waals surface area contributed by atoms with Crippen LogP contribution in [-0.4, -0.2) is 17.9 Å². The van der Waals surface area contributed by atoms with Gasteiger partial charge in [0.2, 0.25) is 0 Å². The number of carbonyl (C=O) groups excluding carboxylic acids is 1. The molecule has 27 heavy (non-hydrogen) atoms. The van der Waals surface area contributed by atoms with Gasteiger partial charge in [0, 0.05) is 12.1 Å². The molecule has 0 fully saturated rings. The Balaban J connectivity index is 1.82. The molecule has 0 saturated heterocycles. The van der Waals surface area contributed by atoms with Crippen molar-refractivity contribution in [1.82, 2.24) is 4.90 Å². The Morgan fingerprint density at radius 1 is 1.00 bits per heavy atom. The van der Waals surface area contributed by atoms with Crippen LogP contribution in [0.25, 0.3) is 0 Å². The Morgan fingerprint density at radius 2 is 1.70 bits per heavy atom. The number of methoxy groups -OCH3 is 1. The van der Waals surface area contributed by atoms with Crippen LogP contribution in [-0.2, 0) is 13.1 Å². The largest absolute Gasteiger partial charge is 0.497 e. The van der Waals surface area contributed by atoms with Gasteiger partial charge in [0.05, 0.1) is 19.9 Å². The highest BCUT2D eigenvalue weighted by molar-refractivity contribution is 5.94. The second-order valence-electron chi connectivity index (χ2n) is 6.87. The van der Waals surface area contributed by atoms with E-state index in [0.29, 0.717) is 24.6 Å². The number of benzene rings is 2. The van der Waals surface area contributed by atoms with E-state index in [1.807, 2.05) is 12.1 Å². The maximum Gasteiger partial charge on any atom is 0.254 e. The lowest BCUT2D eigenvalue weighted by atomic mass is 10.0. The summed E-state index contributed by atoms with van der Waals surface area (Å²) in [6.45, 7) is 5.28. The summed E-state index contributed by atoms with van der Waals surface area (Å²) < 4.78 is 10.6. The quantitative estimate of drug-likeness (QED) is 0.575. The number of furan rings is 1. The van der Waals surface area contributed by atoms with Gasteiger partial charge in [-0.2, -0.15) is 0 Å². The third-order valence-electron chi connectivity index (χ3n) is 4.57. The predicted octanol–water partition coefficient (Wildman–Crippen LogP) is 5.25. The number of nitrogens with zero attached hydrogens (tertiary/aromatic N) is 1. The minimum absolute atomic E-state index is 0.0398. The van der Waals surface area contributed by atoms with Gasteiger partial charge < -0.3 is 14.1 Å². The molecule has 3 aromatic rings. The van der Waals surface area contributed by atoms with Crippen molar-refractivity contribution in [1.29, 1.82) is 0 Å². The average Bonchev–Trinajstić information content (AvgIpc) is 3.20. The van der Waals surface area contributed by atoms with Gasteiger partial charge in [0.1, 0.15) is 11.5 Å². The van der Waals surface area contributed by atoms with Gasteiger partial charge in [0.15, 0.2) is 0 Å². The Bertz CT molecular complexity index is 850. The number of ether oxygens (including phenoxy) is 1. The minimum Gasteiger partial charge on any atom is -0.497 e. The summed E-state index contributed by atoms with van der Waals surface area (Å²) in [6.07, 6.45) is 1.63. The summed E-state index contributed by atoms with van der Waals surface area (Å²) >= 11 is 0. The first kappa shape index (κ1) is 18.8. The van der Waals surface area contributed by atoms with Gasteiger partial charge >= 0.3 is 0 Å². The van der Waals surface area contributed by atoms with E-state index >= 15 is 0 Å². The molecule has 1 heterocycles. The van der Waals surface area contributed by atoms with E-state index in [0.717, 1.165) is 17.1 Å². The van der Waals surface area contributed by atoms with Crippen molar-refractivity contribution in [2.45, 2.75) is 32.9 Å². The second kappa shape index (κ2) is 8.58. The van der Waals surface area contributed by atoms with E-state index < -0.39 is 0 Å². The molecule has 0 atom stereocenters. The van der Waals surface area contributed by atoms with Crippen LogP contribution >= 0.6 is 0 Å². The van der Waals surface area contributed by atoms with E-state index in [4.69, 9.17) is 9.15 Å². The number of hydrogen-bond donors (Lipinski definition) is 0. The van der Waals surface area contributed by atoms with Crippen LogP contribution in [0.5, 0.6) is 5.75 Å². The lowest BCUT2D eigenvalue weighted by Gasteiger charge is -2.22. The van der Waals surface area contributed by atoms with Crippen molar-refractivity contribution in [2.24, 2.45) is 0 Å². The first-order valence-electron chi connectivity index (χ1n) is 9.11. The molecule has 0 bridgehead atoms. The average molecular weight is 363 g/mol. The molecule has 3 rings (SSSR count). The molecule has 4 nitrogen and oxygen atoms in total. The summed E-state index contributed by atoms with van der Waals surface area (Å²) in [5, 5.41) is 0. The molecule has 0 saturated carbocycles. The molecule has 0 spiro atoms. The van der Waals surface area contributed by atoms with Crippen LogP contribution < -0.4 is 4.74 Å². The lowest BCUT2D eigenvalue weighted by Crippen LogP contribution is -2.30. The highest BCUT2D eigenvalue weighted by Crippen LogP contribution is 2.19. The molecule has 0 radical (unpaired) electrons. The zero-order chi connectivity index (χ0) is 19.2. The summed E-state index contributed by atoms with van der Waals surface area (Å²) in [5.41, 5.74) is 3.01. The first-order valence-corrected chi connectivity index (χ1v) is 9.11. The van der Waals surface area contributed by atoms with E-state index in [1.54, 1.807) is 42.5 Å². The van der Waals surface area contributed by atoms with Crippen molar-refractivity contribution in [3.8, 4) is 5.75 Å². The molecule has 140 valence electrons. The van der Waals surface area contributed by atoms with Crippen molar-refractivity contribution in [3.05, 3.63) is 89.4 Å². The molecule has 2 aromatic carbocycles. The van der Waals surface area contributed by atoms with Gasteiger partial charge in [-0.05, 0) is 53.4 Å². The topological polar surface area (TPSA) is 42.7 Å². The summed E-state index contributed by atoms with van der Waals surface area (Å²) in [5.74, 6) is 1.94. The molecule has 4 heteroatoms. The summed E-state index contributed by atoms with van der Waals surface area (Å²) in [6, 6.07) is 19.3. The summed E-state index contributed by atoms with van der Waals surface area (Å²) in [4.78, 5) is 14.9. The van der Waals surface area contributed by atoms with Crippen LogP contribution in [0.1, 0.15) is 47.0 Å². The fourth-order valence-corrected chi connectivity index (χ4v) is 2.93. The zero-order valence-corrected chi connectivity index (χ0v) is 16.0. The van der Waals surface area contributed by atoms with Gasteiger partial charge in [0.25, 0.3) is 5.91 Å². The summed E-state index contributed by atoms with van der Waals surface area (Å²) in [7, 11) is 1.61. The monoisotopic (exact) mass is 363 g/mol. The van der Waals surface area contributed by atoms with Gasteiger partial charge in [-0.15, -0.1) is 0 Å². The molecule has 0 aliphatic heterocycles. The smallest absolute Gasteiger partial charge is 0.254 e. The van der Waals surface area contributed by atoms with Crippen LogP contribution in [0, 0.1) is 0 Å². The minimum atomic E-state index is -0.0398. The van der Waals surface area contributed by atoms with E-state index in [2.05, 4.69) is 38.1 Å². The molecule has 1 aromatic heterocycles. The van der Waals surface area contributed by atoms with Crippen molar-refractivity contribution in [2.75, 3.05) is 7.11 Å². The van der Waals surface area contributed by atoms with Gasteiger partial charge in [-0.25, -0.2) is 0 Å². The fraction of sp³-hybridized carbons (Fsp3) is 0.261. The number of hydrogen-bond acceptors (Lipinski definition) is 3.